The minimum absolute atomic E-state index is 0.0104. The molecular weight excluding hydrogens is 244 g/mol. The molecule has 104 valence electrons. The maximum absolute atomic E-state index is 11.2. The number of rotatable bonds is 4. The SMILES string of the molecule is CCC(=O)OC1CC(O)OC(COC(C)=O)C1O. The van der Waals surface area contributed by atoms with Gasteiger partial charge in [-0.05, 0) is 0 Å². The molecule has 0 bridgehead atoms. The first-order chi connectivity index (χ1) is 8.43. The average Bonchev–Trinajstić information content (AvgIpc) is 2.31. The second kappa shape index (κ2) is 6.67. The van der Waals surface area contributed by atoms with Gasteiger partial charge in [0.15, 0.2) is 6.29 Å². The third-order valence-corrected chi connectivity index (χ3v) is 2.55. The van der Waals surface area contributed by atoms with E-state index in [0.717, 1.165) is 0 Å². The van der Waals surface area contributed by atoms with Crippen LogP contribution in [0.3, 0.4) is 0 Å². The van der Waals surface area contributed by atoms with Gasteiger partial charge in [-0.1, -0.05) is 6.92 Å². The number of carbonyl (C=O) groups excluding carboxylic acids is 2. The summed E-state index contributed by atoms with van der Waals surface area (Å²) in [5.41, 5.74) is 0. The van der Waals surface area contributed by atoms with E-state index in [4.69, 9.17) is 14.2 Å². The molecule has 4 atom stereocenters. The van der Waals surface area contributed by atoms with Gasteiger partial charge in [-0.15, -0.1) is 0 Å². The van der Waals surface area contributed by atoms with Crippen LogP contribution in [0.15, 0.2) is 0 Å². The highest BCUT2D eigenvalue weighted by molar-refractivity contribution is 5.69. The molecule has 1 saturated heterocycles. The number of esters is 2. The second-order valence-electron chi connectivity index (χ2n) is 4.04. The Hall–Kier alpha value is -1.18. The third kappa shape index (κ3) is 4.25. The first kappa shape index (κ1) is 14.9. The third-order valence-electron chi connectivity index (χ3n) is 2.55. The van der Waals surface area contributed by atoms with Gasteiger partial charge >= 0.3 is 11.9 Å². The Morgan fingerprint density at radius 2 is 2.06 bits per heavy atom. The molecule has 2 N–H and O–H groups in total. The van der Waals surface area contributed by atoms with Gasteiger partial charge in [-0.3, -0.25) is 9.59 Å². The smallest absolute Gasteiger partial charge is 0.305 e. The van der Waals surface area contributed by atoms with Crippen molar-refractivity contribution < 1.29 is 34.0 Å². The van der Waals surface area contributed by atoms with E-state index >= 15 is 0 Å². The van der Waals surface area contributed by atoms with E-state index in [0.29, 0.717) is 0 Å². The Balaban J connectivity index is 2.58. The normalized spacial score (nSPS) is 31.8. The van der Waals surface area contributed by atoms with Crippen molar-refractivity contribution in [3.05, 3.63) is 0 Å². The fourth-order valence-corrected chi connectivity index (χ4v) is 1.62. The summed E-state index contributed by atoms with van der Waals surface area (Å²) in [6.07, 6.45) is -3.90. The summed E-state index contributed by atoms with van der Waals surface area (Å²) in [7, 11) is 0. The Morgan fingerprint density at radius 1 is 1.39 bits per heavy atom. The monoisotopic (exact) mass is 262 g/mol. The Morgan fingerprint density at radius 3 is 2.61 bits per heavy atom. The van der Waals surface area contributed by atoms with Crippen molar-refractivity contribution in [3.8, 4) is 0 Å². The lowest BCUT2D eigenvalue weighted by Gasteiger charge is -2.36. The topological polar surface area (TPSA) is 102 Å². The molecule has 1 fully saturated rings. The summed E-state index contributed by atoms with van der Waals surface area (Å²) >= 11 is 0. The van der Waals surface area contributed by atoms with Crippen LogP contribution < -0.4 is 0 Å². The molecule has 0 aromatic heterocycles. The van der Waals surface area contributed by atoms with E-state index in [1.165, 1.54) is 6.92 Å². The van der Waals surface area contributed by atoms with Gasteiger partial charge in [0.2, 0.25) is 0 Å². The second-order valence-corrected chi connectivity index (χ2v) is 4.04. The van der Waals surface area contributed by atoms with Crippen molar-refractivity contribution >= 4 is 11.9 Å². The van der Waals surface area contributed by atoms with Gasteiger partial charge in [0, 0.05) is 19.8 Å². The maximum Gasteiger partial charge on any atom is 0.305 e. The van der Waals surface area contributed by atoms with E-state index in [1.54, 1.807) is 6.92 Å². The lowest BCUT2D eigenvalue weighted by Crippen LogP contribution is -2.51. The summed E-state index contributed by atoms with van der Waals surface area (Å²) in [6, 6.07) is 0. The quantitative estimate of drug-likeness (QED) is 0.648. The Kier molecular flexibility index (Phi) is 5.52. The molecule has 0 amide bonds. The number of hydrogen-bond acceptors (Lipinski definition) is 7. The average molecular weight is 262 g/mol. The predicted molar refractivity (Wildman–Crippen MR) is 58.3 cm³/mol. The van der Waals surface area contributed by atoms with E-state index in [2.05, 4.69) is 0 Å². The number of ether oxygens (including phenoxy) is 3. The maximum atomic E-state index is 11.2. The van der Waals surface area contributed by atoms with Crippen LogP contribution >= 0.6 is 0 Å². The number of aliphatic hydroxyl groups excluding tert-OH is 2. The fraction of sp³-hybridized carbons (Fsp3) is 0.818. The molecule has 1 aliphatic heterocycles. The molecule has 1 rings (SSSR count). The molecule has 1 aliphatic rings. The zero-order valence-electron chi connectivity index (χ0n) is 10.4. The molecule has 0 aliphatic carbocycles. The molecule has 0 spiro atoms. The summed E-state index contributed by atoms with van der Waals surface area (Å²) < 4.78 is 14.7. The van der Waals surface area contributed by atoms with Crippen LogP contribution in [0.4, 0.5) is 0 Å². The largest absolute Gasteiger partial charge is 0.463 e. The molecule has 0 saturated carbocycles. The van der Waals surface area contributed by atoms with E-state index in [9.17, 15) is 19.8 Å². The molecule has 7 heteroatoms. The predicted octanol–water partition coefficient (Wildman–Crippen LogP) is -0.661. The van der Waals surface area contributed by atoms with Crippen LogP contribution in [0.25, 0.3) is 0 Å². The lowest BCUT2D eigenvalue weighted by molar-refractivity contribution is -0.247. The molecular formula is C11H18O7. The molecule has 4 unspecified atom stereocenters. The zero-order valence-corrected chi connectivity index (χ0v) is 10.4. The van der Waals surface area contributed by atoms with E-state index < -0.39 is 36.5 Å². The Labute approximate surface area is 105 Å². The van der Waals surface area contributed by atoms with Gasteiger partial charge in [0.05, 0.1) is 0 Å². The van der Waals surface area contributed by atoms with Crippen LogP contribution in [0.2, 0.25) is 0 Å². The molecule has 0 aromatic rings. The van der Waals surface area contributed by atoms with Gasteiger partial charge in [-0.2, -0.15) is 0 Å². The van der Waals surface area contributed by atoms with Crippen LogP contribution in [-0.4, -0.2) is 53.4 Å². The highest BCUT2D eigenvalue weighted by atomic mass is 16.6. The summed E-state index contributed by atoms with van der Waals surface area (Å²) in [5.74, 6) is -0.993. The van der Waals surface area contributed by atoms with Gasteiger partial charge < -0.3 is 24.4 Å². The molecule has 0 aromatic carbocycles. The molecule has 0 radical (unpaired) electrons. The van der Waals surface area contributed by atoms with Crippen molar-refractivity contribution in [1.82, 2.24) is 0 Å². The Bertz CT molecular complexity index is 304. The van der Waals surface area contributed by atoms with Crippen molar-refractivity contribution in [2.24, 2.45) is 0 Å². The van der Waals surface area contributed by atoms with Crippen LogP contribution in [0.1, 0.15) is 26.7 Å². The lowest BCUT2D eigenvalue weighted by atomic mass is 10.0. The molecule has 7 nitrogen and oxygen atoms in total. The first-order valence-corrected chi connectivity index (χ1v) is 5.78. The van der Waals surface area contributed by atoms with E-state index in [-0.39, 0.29) is 19.4 Å². The van der Waals surface area contributed by atoms with Crippen LogP contribution in [0, 0.1) is 0 Å². The van der Waals surface area contributed by atoms with Gasteiger partial charge in [-0.25, -0.2) is 0 Å². The minimum Gasteiger partial charge on any atom is -0.463 e. The number of aliphatic hydroxyl groups is 2. The first-order valence-electron chi connectivity index (χ1n) is 5.78. The van der Waals surface area contributed by atoms with Crippen molar-refractivity contribution in [1.29, 1.82) is 0 Å². The van der Waals surface area contributed by atoms with Crippen molar-refractivity contribution in [3.63, 3.8) is 0 Å². The summed E-state index contributed by atoms with van der Waals surface area (Å²) in [5, 5.41) is 19.4. The molecule has 1 heterocycles. The minimum atomic E-state index is -1.16. The highest BCUT2D eigenvalue weighted by Gasteiger charge is 2.39. The number of hydrogen-bond donors (Lipinski definition) is 2. The highest BCUT2D eigenvalue weighted by Crippen LogP contribution is 2.22. The fourth-order valence-electron chi connectivity index (χ4n) is 1.62. The zero-order chi connectivity index (χ0) is 13.7. The van der Waals surface area contributed by atoms with Crippen LogP contribution in [0.5, 0.6) is 0 Å². The van der Waals surface area contributed by atoms with E-state index in [1.807, 2.05) is 0 Å². The van der Waals surface area contributed by atoms with Crippen molar-refractivity contribution in [2.75, 3.05) is 6.61 Å². The summed E-state index contributed by atoms with van der Waals surface area (Å²) in [4.78, 5) is 21.8. The molecule has 18 heavy (non-hydrogen) atoms. The standard InChI is InChI=1S/C11H18O7/c1-3-9(13)17-7-4-10(14)18-8(11(7)15)5-16-6(2)12/h7-8,10-11,14-15H,3-5H2,1-2H3. The summed E-state index contributed by atoms with van der Waals surface area (Å²) in [6.45, 7) is 2.65. The van der Waals surface area contributed by atoms with Gasteiger partial charge in [0.25, 0.3) is 0 Å². The van der Waals surface area contributed by atoms with Crippen LogP contribution in [-0.2, 0) is 23.8 Å². The van der Waals surface area contributed by atoms with Crippen molar-refractivity contribution in [2.45, 2.75) is 51.3 Å². The number of carbonyl (C=O) groups is 2. The van der Waals surface area contributed by atoms with Gasteiger partial charge in [0.1, 0.15) is 24.9 Å².